The quantitative estimate of drug-likeness (QED) is 0.591. The summed E-state index contributed by atoms with van der Waals surface area (Å²) >= 11 is 0. The molecule has 0 fully saturated rings. The van der Waals surface area contributed by atoms with Gasteiger partial charge in [0.1, 0.15) is 12.0 Å². The van der Waals surface area contributed by atoms with E-state index in [1.54, 1.807) is 0 Å². The van der Waals surface area contributed by atoms with Gasteiger partial charge in [0.25, 0.3) is 6.08 Å². The number of Topliss-reactive ketones (excluding diaryl/α,β-unsaturated/α-hetero) is 1. The van der Waals surface area contributed by atoms with E-state index in [1.807, 2.05) is 0 Å². The van der Waals surface area contributed by atoms with Crippen LogP contribution < -0.4 is 0 Å². The molecule has 0 heterocycles. The largest absolute Gasteiger partial charge is 0.299 e. The van der Waals surface area contributed by atoms with Crippen LogP contribution in [0.1, 0.15) is 12.8 Å². The molecule has 0 aliphatic carbocycles. The van der Waals surface area contributed by atoms with E-state index in [9.17, 15) is 18.0 Å². The molecule has 0 radical (unpaired) electrons. The van der Waals surface area contributed by atoms with Crippen molar-refractivity contribution < 1.29 is 18.0 Å². The van der Waals surface area contributed by atoms with Crippen LogP contribution in [0.3, 0.4) is 0 Å². The molecular weight excluding hydrogens is 169 g/mol. The van der Waals surface area contributed by atoms with E-state index < -0.39 is 24.5 Å². The van der Waals surface area contributed by atoms with Gasteiger partial charge in [-0.2, -0.15) is 8.78 Å². The van der Waals surface area contributed by atoms with E-state index in [0.717, 1.165) is 0 Å². The zero-order valence-corrected chi connectivity index (χ0v) is 6.40. The number of carbonyl (C=O) groups is 1. The zero-order valence-electron chi connectivity index (χ0n) is 6.40. The summed E-state index contributed by atoms with van der Waals surface area (Å²) in [5, 5.41) is 0. The fourth-order valence-electron chi connectivity index (χ4n) is 0.657. The van der Waals surface area contributed by atoms with Gasteiger partial charge in [0.2, 0.25) is 0 Å². The minimum Gasteiger partial charge on any atom is -0.299 e. The van der Waals surface area contributed by atoms with Gasteiger partial charge in [0.05, 0.1) is 0 Å². The molecule has 0 N–H and O–H groups in total. The van der Waals surface area contributed by atoms with E-state index >= 15 is 0 Å². The van der Waals surface area contributed by atoms with Gasteiger partial charge in [0, 0.05) is 18.9 Å². The second-order valence-corrected chi connectivity index (χ2v) is 2.21. The van der Waals surface area contributed by atoms with Crippen molar-refractivity contribution in [3.63, 3.8) is 0 Å². The van der Waals surface area contributed by atoms with Gasteiger partial charge in [-0.05, 0) is 0 Å². The number of alkyl halides is 1. The van der Waals surface area contributed by atoms with Crippen LogP contribution in [0, 0.1) is 0 Å². The van der Waals surface area contributed by atoms with Gasteiger partial charge in [0.15, 0.2) is 0 Å². The predicted octanol–water partition coefficient (Wildman–Crippen LogP) is 2.64. The van der Waals surface area contributed by atoms with E-state index in [2.05, 4.69) is 6.58 Å². The normalized spacial score (nSPS) is 11.9. The Morgan fingerprint density at radius 3 is 2.50 bits per heavy atom. The maximum Gasteiger partial charge on any atom is 0.269 e. The Morgan fingerprint density at radius 2 is 2.08 bits per heavy atom. The maximum atomic E-state index is 12.4. The third-order valence-corrected chi connectivity index (χ3v) is 1.10. The molecule has 0 aromatic rings. The highest BCUT2D eigenvalue weighted by atomic mass is 19.3. The number of allylic oxidation sites excluding steroid dienone is 2. The SMILES string of the molecule is C=CCC(=O)CC(F)C=C(F)F. The number of hydrogen-bond acceptors (Lipinski definition) is 1. The van der Waals surface area contributed by atoms with Gasteiger partial charge in [-0.1, -0.05) is 6.08 Å². The molecule has 0 aliphatic heterocycles. The van der Waals surface area contributed by atoms with E-state index in [4.69, 9.17) is 0 Å². The molecule has 0 aromatic heterocycles. The summed E-state index contributed by atoms with van der Waals surface area (Å²) in [6.45, 7) is 3.26. The predicted molar refractivity (Wildman–Crippen MR) is 39.6 cm³/mol. The first kappa shape index (κ1) is 10.9. The first-order chi connectivity index (χ1) is 5.56. The third-order valence-electron chi connectivity index (χ3n) is 1.10. The average molecular weight is 178 g/mol. The Kier molecular flexibility index (Phi) is 5.08. The highest BCUT2D eigenvalue weighted by Crippen LogP contribution is 2.08. The fraction of sp³-hybridized carbons (Fsp3) is 0.375. The van der Waals surface area contributed by atoms with Gasteiger partial charge in [-0.15, -0.1) is 6.58 Å². The van der Waals surface area contributed by atoms with Crippen LogP contribution in [0.25, 0.3) is 0 Å². The topological polar surface area (TPSA) is 17.1 Å². The van der Waals surface area contributed by atoms with Gasteiger partial charge in [-0.25, -0.2) is 4.39 Å². The minimum atomic E-state index is -2.10. The summed E-state index contributed by atoms with van der Waals surface area (Å²) in [4.78, 5) is 10.6. The maximum absolute atomic E-state index is 12.4. The third kappa shape index (κ3) is 5.70. The van der Waals surface area contributed by atoms with Crippen molar-refractivity contribution in [2.45, 2.75) is 19.0 Å². The zero-order chi connectivity index (χ0) is 9.56. The minimum absolute atomic E-state index is 0.0160. The van der Waals surface area contributed by atoms with Crippen molar-refractivity contribution >= 4 is 5.78 Å². The molecule has 1 unspecified atom stereocenters. The highest BCUT2D eigenvalue weighted by molar-refractivity contribution is 5.80. The Labute approximate surface area is 68.6 Å². The van der Waals surface area contributed by atoms with Crippen LogP contribution in [0.4, 0.5) is 13.2 Å². The van der Waals surface area contributed by atoms with Crippen LogP contribution in [0.5, 0.6) is 0 Å². The Balaban J connectivity index is 3.84. The number of rotatable bonds is 5. The molecule has 1 nitrogen and oxygen atoms in total. The molecule has 0 spiro atoms. The fourth-order valence-corrected chi connectivity index (χ4v) is 0.657. The Morgan fingerprint density at radius 1 is 1.50 bits per heavy atom. The number of ketones is 1. The second-order valence-electron chi connectivity index (χ2n) is 2.21. The first-order valence-electron chi connectivity index (χ1n) is 3.35. The van der Waals surface area contributed by atoms with Crippen LogP contribution in [0.15, 0.2) is 24.8 Å². The molecular formula is C8H9F3O. The van der Waals surface area contributed by atoms with Gasteiger partial charge < -0.3 is 0 Å². The molecule has 0 aromatic carbocycles. The Hall–Kier alpha value is -1.06. The standard InChI is InChI=1S/C8H9F3O/c1-2-3-7(12)4-6(9)5-8(10)11/h2,5-6H,1,3-4H2. The molecule has 12 heavy (non-hydrogen) atoms. The molecule has 68 valence electrons. The van der Waals surface area contributed by atoms with E-state index in [-0.39, 0.29) is 12.5 Å². The second kappa shape index (κ2) is 5.57. The summed E-state index contributed by atoms with van der Waals surface area (Å²) in [5.74, 6) is -0.435. The molecule has 0 rings (SSSR count). The summed E-state index contributed by atoms with van der Waals surface area (Å²) in [5.41, 5.74) is 0. The van der Waals surface area contributed by atoms with Crippen LogP contribution in [0.2, 0.25) is 0 Å². The van der Waals surface area contributed by atoms with E-state index in [0.29, 0.717) is 0 Å². The van der Waals surface area contributed by atoms with Crippen LogP contribution in [-0.4, -0.2) is 12.0 Å². The smallest absolute Gasteiger partial charge is 0.269 e. The van der Waals surface area contributed by atoms with Crippen molar-refractivity contribution in [2.75, 3.05) is 0 Å². The molecule has 4 heteroatoms. The number of hydrogen-bond donors (Lipinski definition) is 0. The number of carbonyl (C=O) groups excluding carboxylic acids is 1. The van der Waals surface area contributed by atoms with Crippen molar-refractivity contribution in [2.24, 2.45) is 0 Å². The number of halogens is 3. The van der Waals surface area contributed by atoms with Gasteiger partial charge >= 0.3 is 0 Å². The monoisotopic (exact) mass is 178 g/mol. The molecule has 0 bridgehead atoms. The van der Waals surface area contributed by atoms with Crippen LogP contribution >= 0.6 is 0 Å². The lowest BCUT2D eigenvalue weighted by Gasteiger charge is -1.98. The van der Waals surface area contributed by atoms with Crippen molar-refractivity contribution in [3.05, 3.63) is 24.8 Å². The van der Waals surface area contributed by atoms with Crippen molar-refractivity contribution in [1.29, 1.82) is 0 Å². The molecule has 0 saturated carbocycles. The van der Waals surface area contributed by atoms with Crippen molar-refractivity contribution in [3.8, 4) is 0 Å². The summed E-state index contributed by atoms with van der Waals surface area (Å²) in [7, 11) is 0. The molecule has 0 saturated heterocycles. The van der Waals surface area contributed by atoms with Gasteiger partial charge in [-0.3, -0.25) is 4.79 Å². The van der Waals surface area contributed by atoms with E-state index in [1.165, 1.54) is 6.08 Å². The summed E-state index contributed by atoms with van der Waals surface area (Å²) in [6, 6.07) is 0. The highest BCUT2D eigenvalue weighted by Gasteiger charge is 2.10. The Bertz CT molecular complexity index is 194. The molecule has 1 atom stereocenters. The van der Waals surface area contributed by atoms with Crippen LogP contribution in [-0.2, 0) is 4.79 Å². The lowest BCUT2D eigenvalue weighted by molar-refractivity contribution is -0.118. The summed E-state index contributed by atoms with van der Waals surface area (Å²) < 4.78 is 35.2. The lowest BCUT2D eigenvalue weighted by atomic mass is 10.1. The average Bonchev–Trinajstić information content (AvgIpc) is 1.84. The molecule has 0 amide bonds. The molecule has 0 aliphatic rings. The lowest BCUT2D eigenvalue weighted by Crippen LogP contribution is -2.05. The summed E-state index contributed by atoms with van der Waals surface area (Å²) in [6.07, 6.45) is -3.05. The first-order valence-corrected chi connectivity index (χ1v) is 3.35. The van der Waals surface area contributed by atoms with Crippen molar-refractivity contribution in [1.82, 2.24) is 0 Å².